The Balaban J connectivity index is 3.18. The van der Waals surface area contributed by atoms with Crippen LogP contribution in [0.15, 0.2) is 15.8 Å². The predicted molar refractivity (Wildman–Crippen MR) is 262 cm³/mol. The summed E-state index contributed by atoms with van der Waals surface area (Å²) in [5, 5.41) is 40.8. The van der Waals surface area contributed by atoms with Crippen molar-refractivity contribution >= 4 is 90.2 Å². The largest absolute Gasteiger partial charge is 0.391 e. The van der Waals surface area contributed by atoms with E-state index in [-0.39, 0.29) is 23.6 Å². The number of amides is 11. The van der Waals surface area contributed by atoms with Gasteiger partial charge in [-0.2, -0.15) is 25.3 Å². The summed E-state index contributed by atoms with van der Waals surface area (Å²) in [6, 6.07) is -11.0. The monoisotopic (exact) mass is 1060 g/mol. The molecule has 1 aromatic rings. The Bertz CT molecular complexity index is 2260. The second-order valence-corrected chi connectivity index (χ2v) is 17.6. The van der Waals surface area contributed by atoms with E-state index in [1.54, 1.807) is 13.8 Å². The van der Waals surface area contributed by atoms with Crippen molar-refractivity contribution in [3.8, 4) is 0 Å². The van der Waals surface area contributed by atoms with E-state index in [9.17, 15) is 72.5 Å². The van der Waals surface area contributed by atoms with Crippen LogP contribution in [-0.4, -0.2) is 188 Å². The highest BCUT2D eigenvalue weighted by molar-refractivity contribution is 7.80. The van der Waals surface area contributed by atoms with Crippen LogP contribution in [0.5, 0.6) is 0 Å². The molecule has 0 aliphatic heterocycles. The van der Waals surface area contributed by atoms with Crippen LogP contribution < -0.4 is 70.6 Å². The molecule has 0 fully saturated rings. The Hall–Kier alpha value is -6.57. The van der Waals surface area contributed by atoms with Crippen molar-refractivity contribution in [1.29, 1.82) is 0 Å². The van der Waals surface area contributed by atoms with E-state index >= 15 is 0 Å². The third kappa shape index (κ3) is 20.3. The van der Waals surface area contributed by atoms with Crippen LogP contribution >= 0.6 is 25.3 Å². The number of nitrogens with one attached hydrogen (secondary N) is 10. The molecule has 0 saturated heterocycles. The summed E-state index contributed by atoms with van der Waals surface area (Å²) in [5.74, 6) is -11.0. The summed E-state index contributed by atoms with van der Waals surface area (Å²) in [6.45, 7) is 8.18. The molecule has 11 amide bonds. The van der Waals surface area contributed by atoms with Gasteiger partial charge in [0.25, 0.3) is 5.56 Å². The van der Waals surface area contributed by atoms with Crippen LogP contribution in [0.4, 0.5) is 0 Å². The molecule has 0 aliphatic rings. The molecule has 1 heterocycles. The lowest BCUT2D eigenvalue weighted by Crippen LogP contribution is -2.61. The van der Waals surface area contributed by atoms with Crippen LogP contribution in [0.3, 0.4) is 0 Å². The van der Waals surface area contributed by atoms with Gasteiger partial charge in [-0.05, 0) is 47.5 Å². The predicted octanol–water partition coefficient (Wildman–Crippen LogP) is -8.55. The van der Waals surface area contributed by atoms with Crippen molar-refractivity contribution in [3.63, 3.8) is 0 Å². The number of aliphatic hydroxyl groups is 2. The lowest BCUT2D eigenvalue weighted by molar-refractivity contribution is -0.143. The zero-order valence-electron chi connectivity index (χ0n) is 41.0. The molecule has 0 radical (unpaired) electrons. The molecule has 72 heavy (non-hydrogen) atoms. The van der Waals surface area contributed by atoms with Crippen molar-refractivity contribution in [2.45, 2.75) is 122 Å². The lowest BCUT2D eigenvalue weighted by Gasteiger charge is -2.35. The average Bonchev–Trinajstić information content (AvgIpc) is 3.30. The highest BCUT2D eigenvalue weighted by atomic mass is 32.1. The molecular weight excluding hydrogens is 993 g/mol. The second kappa shape index (κ2) is 30.3. The zero-order chi connectivity index (χ0) is 55.3. The fraction of sp³-hybridized carbons (Fsp3) is 0.634. The summed E-state index contributed by atoms with van der Waals surface area (Å²) in [4.78, 5) is 170. The zero-order valence-corrected chi connectivity index (χ0v) is 42.8. The van der Waals surface area contributed by atoms with Gasteiger partial charge in [0.1, 0.15) is 54.9 Å². The van der Waals surface area contributed by atoms with Crippen molar-refractivity contribution in [1.82, 2.24) is 62.3 Å². The molecule has 0 saturated carbocycles. The summed E-state index contributed by atoms with van der Waals surface area (Å²) < 4.78 is 0.891. The van der Waals surface area contributed by atoms with Crippen molar-refractivity contribution < 1.29 is 63.0 Å². The first-order valence-electron chi connectivity index (χ1n) is 22.3. The minimum Gasteiger partial charge on any atom is -0.391 e. The maximum atomic E-state index is 14.1. The Morgan fingerprint density at radius 3 is 1.67 bits per heavy atom. The van der Waals surface area contributed by atoms with Gasteiger partial charge in [-0.1, -0.05) is 13.8 Å². The topological polar surface area (TPSA) is 447 Å². The number of rotatable bonds is 29. The molecule has 1 rings (SSSR count). The Kier molecular flexibility index (Phi) is 26.7. The van der Waals surface area contributed by atoms with E-state index in [1.165, 1.54) is 41.5 Å². The summed E-state index contributed by atoms with van der Waals surface area (Å²) in [7, 11) is 0. The molecule has 404 valence electrons. The highest BCUT2D eigenvalue weighted by Crippen LogP contribution is 2.14. The van der Waals surface area contributed by atoms with Crippen LogP contribution in [0.25, 0.3) is 0 Å². The molecule has 16 N–H and O–H groups in total. The molecule has 0 spiro atoms. The van der Waals surface area contributed by atoms with Crippen molar-refractivity contribution in [2.75, 3.05) is 37.7 Å². The number of primary amides is 1. The van der Waals surface area contributed by atoms with Gasteiger partial charge in [-0.3, -0.25) is 67.1 Å². The van der Waals surface area contributed by atoms with Gasteiger partial charge in [-0.25, -0.2) is 4.79 Å². The first kappa shape index (κ1) is 63.4. The lowest BCUT2D eigenvalue weighted by atomic mass is 10.0. The van der Waals surface area contributed by atoms with Gasteiger partial charge in [0.05, 0.1) is 25.3 Å². The SMILES string of the molecule is Cc1cn(CC(=O)N(CCNC(=O)[C@H](C)NC(=O)CNC(=O)[C@H](C)NC(=O)[C@@H](NC(=O)CN)[C@@H](C)O)[C@H](C(=O)N[C@@H](CS)C(=O)N[C@@H](C)C(=O)N[C@@H](CS)C(=O)N[C@H](C(N)=O)[C@@H](C)O)C(C)C)c(=O)[nH]c1=O. The summed E-state index contributed by atoms with van der Waals surface area (Å²) in [5.41, 5.74) is 8.89. The van der Waals surface area contributed by atoms with Gasteiger partial charge in [0.2, 0.25) is 65.0 Å². The number of carbonyl (C=O) groups excluding carboxylic acids is 11. The maximum absolute atomic E-state index is 14.1. The second-order valence-electron chi connectivity index (χ2n) is 16.8. The molecule has 1 aromatic heterocycles. The van der Waals surface area contributed by atoms with Crippen LogP contribution in [0.2, 0.25) is 0 Å². The molecule has 29 nitrogen and oxygen atoms in total. The summed E-state index contributed by atoms with van der Waals surface area (Å²) in [6.07, 6.45) is -1.59. The normalized spacial score (nSPS) is 15.2. The average molecular weight is 1060 g/mol. The number of aromatic amines is 1. The number of aryl methyl sites for hydroxylation is 1. The number of aromatic nitrogens is 2. The molecule has 0 unspecified atom stereocenters. The molecule has 10 atom stereocenters. The van der Waals surface area contributed by atoms with Crippen LogP contribution in [0, 0.1) is 12.8 Å². The van der Waals surface area contributed by atoms with Gasteiger partial charge < -0.3 is 74.4 Å². The van der Waals surface area contributed by atoms with Gasteiger partial charge in [0, 0.05) is 36.4 Å². The van der Waals surface area contributed by atoms with Gasteiger partial charge in [0.15, 0.2) is 0 Å². The van der Waals surface area contributed by atoms with E-state index in [2.05, 4.69) is 78.1 Å². The smallest absolute Gasteiger partial charge is 0.328 e. The summed E-state index contributed by atoms with van der Waals surface area (Å²) >= 11 is 8.23. The number of nitrogens with zero attached hydrogens (tertiary/aromatic N) is 2. The minimum absolute atomic E-state index is 0.0791. The maximum Gasteiger partial charge on any atom is 0.328 e. The third-order valence-electron chi connectivity index (χ3n) is 10.4. The molecular formula is C41H68N14O15S2. The molecule has 0 aliphatic carbocycles. The molecule has 31 heteroatoms. The van der Waals surface area contributed by atoms with E-state index in [4.69, 9.17) is 11.5 Å². The number of hydrogen-bond donors (Lipinski definition) is 16. The number of H-pyrrole nitrogens is 1. The van der Waals surface area contributed by atoms with Crippen LogP contribution in [-0.2, 0) is 59.3 Å². The number of thiol groups is 2. The fourth-order valence-corrected chi connectivity index (χ4v) is 6.85. The fourth-order valence-electron chi connectivity index (χ4n) is 6.34. The minimum atomic E-state index is -1.48. The number of carbonyl (C=O) groups is 11. The van der Waals surface area contributed by atoms with Crippen molar-refractivity contribution in [2.24, 2.45) is 17.4 Å². The first-order valence-corrected chi connectivity index (χ1v) is 23.6. The van der Waals surface area contributed by atoms with Gasteiger partial charge >= 0.3 is 5.69 Å². The Labute approximate surface area is 424 Å². The Morgan fingerprint density at radius 2 is 1.15 bits per heavy atom. The number of aliphatic hydroxyl groups excluding tert-OH is 2. The highest BCUT2D eigenvalue weighted by Gasteiger charge is 2.36. The molecule has 0 bridgehead atoms. The van der Waals surface area contributed by atoms with E-state index < -0.39 is 169 Å². The third-order valence-corrected chi connectivity index (χ3v) is 11.1. The standard InChI is InChI=1S/C41H68N14O15S2/c1-17(2)31(40(69)50-24(15-71)37(66)47-21(6)36(65)49-25(16-72)38(67)52-29(22(7)56)32(43)61)55(28(60)14-54-13-18(3)33(62)53-41(54)70)10-9-44-34(63)19(4)46-27(59)12-45-35(64)20(5)48-39(68)30(23(8)57)51-26(58)11-42/h13,17,19-25,29-31,56-57,71-72H,9-12,14-16,42H2,1-8H3,(H2,43,61)(H,44,63)(H,45,64)(H,46,59)(H,47,66)(H,48,68)(H,49,65)(H,50,69)(H,51,58)(H,52,67)(H,53,62,70)/t19-,20-,21-,22+,23+,24-,25-,29-,30-,31-/m0/s1. The first-order chi connectivity index (χ1) is 33.5. The van der Waals surface area contributed by atoms with E-state index in [0.717, 1.165) is 15.7 Å². The molecule has 0 aromatic carbocycles. The van der Waals surface area contributed by atoms with E-state index in [0.29, 0.717) is 0 Å². The number of hydrogen-bond acceptors (Lipinski definition) is 18. The van der Waals surface area contributed by atoms with E-state index in [1.807, 2.05) is 0 Å². The van der Waals surface area contributed by atoms with Crippen molar-refractivity contribution in [3.05, 3.63) is 32.6 Å². The van der Waals surface area contributed by atoms with Gasteiger partial charge in [-0.15, -0.1) is 0 Å². The van der Waals surface area contributed by atoms with Crippen LogP contribution in [0.1, 0.15) is 54.0 Å². The quantitative estimate of drug-likeness (QED) is 0.0331. The number of nitrogens with two attached hydrogens (primary N) is 2. The Morgan fingerprint density at radius 1 is 0.653 bits per heavy atom.